The molecule has 0 aromatic heterocycles. The number of cyclic esters (lactones) is 1. The van der Waals surface area contributed by atoms with Crippen LogP contribution in [0.25, 0.3) is 0 Å². The highest BCUT2D eigenvalue weighted by molar-refractivity contribution is 6.02. The maximum absolute atomic E-state index is 11.9. The molecule has 1 atom stereocenters. The van der Waals surface area contributed by atoms with Crippen molar-refractivity contribution < 1.29 is 24.2 Å². The molecule has 6 nitrogen and oxygen atoms in total. The molecule has 0 saturated carbocycles. The molecule has 0 spiro atoms. The fraction of sp³-hybridized carbons (Fsp3) is 0.308. The van der Waals surface area contributed by atoms with Crippen LogP contribution in [0.2, 0.25) is 0 Å². The monoisotopic (exact) mass is 261 g/mol. The van der Waals surface area contributed by atoms with Gasteiger partial charge in [0.1, 0.15) is 6.61 Å². The minimum absolute atomic E-state index is 0.00615. The Morgan fingerprint density at radius 3 is 2.84 bits per heavy atom. The van der Waals surface area contributed by atoms with Crippen molar-refractivity contribution in [3.05, 3.63) is 29.3 Å². The number of benzene rings is 1. The number of carboxylic acid groups (broad SMARTS) is 1. The zero-order valence-corrected chi connectivity index (χ0v) is 9.96. The van der Waals surface area contributed by atoms with E-state index in [1.807, 2.05) is 0 Å². The van der Waals surface area contributed by atoms with Gasteiger partial charge in [0.2, 0.25) is 5.91 Å². The molecular weight excluding hydrogens is 250 g/mol. The van der Waals surface area contributed by atoms with E-state index in [4.69, 9.17) is 9.84 Å². The molecule has 0 radical (unpaired) electrons. The molecule has 2 aliphatic rings. The number of hydrogen-bond donors (Lipinski definition) is 1. The van der Waals surface area contributed by atoms with Gasteiger partial charge in [0.25, 0.3) is 0 Å². The first kappa shape index (κ1) is 11.7. The van der Waals surface area contributed by atoms with E-state index in [0.717, 1.165) is 0 Å². The fourth-order valence-corrected chi connectivity index (χ4v) is 2.49. The van der Waals surface area contributed by atoms with E-state index >= 15 is 0 Å². The quantitative estimate of drug-likeness (QED) is 0.796. The summed E-state index contributed by atoms with van der Waals surface area (Å²) < 4.78 is 4.94. The maximum atomic E-state index is 11.9. The number of fused-ring (bicyclic) bond motifs is 1. The summed E-state index contributed by atoms with van der Waals surface area (Å²) in [6.07, 6.45) is -0.00615. The number of esters is 1. The van der Waals surface area contributed by atoms with Gasteiger partial charge in [0.05, 0.1) is 17.2 Å². The van der Waals surface area contributed by atoms with Crippen LogP contribution >= 0.6 is 0 Å². The van der Waals surface area contributed by atoms with Crippen molar-refractivity contribution in [1.82, 2.24) is 0 Å². The molecule has 0 bridgehead atoms. The first-order valence-electron chi connectivity index (χ1n) is 5.90. The molecule has 1 aromatic rings. The maximum Gasteiger partial charge on any atom is 0.338 e. The Kier molecular flexibility index (Phi) is 2.51. The lowest BCUT2D eigenvalue weighted by Crippen LogP contribution is -2.26. The Bertz CT molecular complexity index is 595. The van der Waals surface area contributed by atoms with Crippen LogP contribution in [0.1, 0.15) is 22.3 Å². The Labute approximate surface area is 108 Å². The van der Waals surface area contributed by atoms with Crippen LogP contribution in [0, 0.1) is 5.92 Å². The van der Waals surface area contributed by atoms with Gasteiger partial charge in [-0.3, -0.25) is 9.59 Å². The number of nitrogens with zero attached hydrogens (tertiary/aromatic N) is 1. The summed E-state index contributed by atoms with van der Waals surface area (Å²) in [7, 11) is 0. The molecule has 1 fully saturated rings. The predicted octanol–water partition coefficient (Wildman–Crippen LogP) is 0.794. The summed E-state index contributed by atoms with van der Waals surface area (Å²) in [5.41, 5.74) is 1.69. The average Bonchev–Trinajstić information content (AvgIpc) is 2.94. The zero-order chi connectivity index (χ0) is 13.6. The number of carbonyl (C=O) groups excluding carboxylic acids is 2. The van der Waals surface area contributed by atoms with Gasteiger partial charge in [0.15, 0.2) is 0 Å². The Hall–Kier alpha value is -2.37. The lowest BCUT2D eigenvalue weighted by atomic mass is 10.1. The van der Waals surface area contributed by atoms with Gasteiger partial charge in [-0.05, 0) is 12.1 Å². The smallest absolute Gasteiger partial charge is 0.338 e. The van der Waals surface area contributed by atoms with Crippen LogP contribution in [0.5, 0.6) is 0 Å². The van der Waals surface area contributed by atoms with Crippen molar-refractivity contribution in [2.24, 2.45) is 5.92 Å². The molecule has 98 valence electrons. The normalized spacial score (nSPS) is 21.5. The summed E-state index contributed by atoms with van der Waals surface area (Å²) in [6, 6.07) is 5.02. The third kappa shape index (κ3) is 1.76. The number of rotatable bonds is 2. The second-order valence-electron chi connectivity index (χ2n) is 4.62. The van der Waals surface area contributed by atoms with Crippen molar-refractivity contribution in [2.45, 2.75) is 13.0 Å². The molecule has 2 heterocycles. The fourth-order valence-electron chi connectivity index (χ4n) is 2.49. The van der Waals surface area contributed by atoms with E-state index in [-0.39, 0.29) is 25.5 Å². The number of ether oxygens (including phenoxy) is 1. The Morgan fingerprint density at radius 1 is 1.37 bits per heavy atom. The van der Waals surface area contributed by atoms with Gasteiger partial charge in [0, 0.05) is 18.5 Å². The number of amides is 1. The summed E-state index contributed by atoms with van der Waals surface area (Å²) in [5.74, 6) is -2.31. The van der Waals surface area contributed by atoms with Gasteiger partial charge in [-0.1, -0.05) is 6.07 Å². The minimum atomic E-state index is -0.976. The highest BCUT2D eigenvalue weighted by Crippen LogP contribution is 2.33. The van der Waals surface area contributed by atoms with Crippen molar-refractivity contribution in [1.29, 1.82) is 0 Å². The molecule has 1 aromatic carbocycles. The molecule has 1 saturated heterocycles. The van der Waals surface area contributed by atoms with Gasteiger partial charge in [-0.15, -0.1) is 0 Å². The summed E-state index contributed by atoms with van der Waals surface area (Å²) in [6.45, 7) is 0.269. The molecule has 19 heavy (non-hydrogen) atoms. The third-order valence-electron chi connectivity index (χ3n) is 3.48. The van der Waals surface area contributed by atoms with Crippen molar-refractivity contribution in [3.63, 3.8) is 0 Å². The highest BCUT2D eigenvalue weighted by atomic mass is 16.5. The van der Waals surface area contributed by atoms with E-state index in [1.165, 1.54) is 4.90 Å². The first-order chi connectivity index (χ1) is 9.08. The summed E-state index contributed by atoms with van der Waals surface area (Å²) >= 11 is 0. The molecule has 3 rings (SSSR count). The van der Waals surface area contributed by atoms with Crippen LogP contribution in [-0.4, -0.2) is 29.5 Å². The van der Waals surface area contributed by atoms with Gasteiger partial charge in [-0.25, -0.2) is 4.79 Å². The summed E-state index contributed by atoms with van der Waals surface area (Å²) in [4.78, 5) is 35.8. The van der Waals surface area contributed by atoms with E-state index in [1.54, 1.807) is 18.2 Å². The summed E-state index contributed by atoms with van der Waals surface area (Å²) in [5, 5.41) is 8.97. The Morgan fingerprint density at radius 2 is 2.16 bits per heavy atom. The molecule has 1 amide bonds. The average molecular weight is 261 g/mol. The SMILES string of the molecule is O=C1OCc2c1cccc2N1CC(C(=O)O)CC1=O. The van der Waals surface area contributed by atoms with Crippen molar-refractivity contribution >= 4 is 23.5 Å². The second kappa shape index (κ2) is 4.08. The first-order valence-corrected chi connectivity index (χ1v) is 5.90. The molecule has 6 heteroatoms. The lowest BCUT2D eigenvalue weighted by molar-refractivity contribution is -0.141. The van der Waals surface area contributed by atoms with Crippen LogP contribution in [-0.2, 0) is 20.9 Å². The number of aliphatic carboxylic acids is 1. The third-order valence-corrected chi connectivity index (χ3v) is 3.48. The van der Waals surface area contributed by atoms with Gasteiger partial charge in [-0.2, -0.15) is 0 Å². The van der Waals surface area contributed by atoms with E-state index in [2.05, 4.69) is 0 Å². The van der Waals surface area contributed by atoms with E-state index < -0.39 is 17.9 Å². The molecule has 0 aliphatic carbocycles. The number of carboxylic acids is 1. The number of carbonyl (C=O) groups is 3. The Balaban J connectivity index is 1.98. The topological polar surface area (TPSA) is 83.9 Å². The largest absolute Gasteiger partial charge is 0.481 e. The van der Waals surface area contributed by atoms with E-state index in [0.29, 0.717) is 16.8 Å². The van der Waals surface area contributed by atoms with Gasteiger partial charge < -0.3 is 14.7 Å². The zero-order valence-electron chi connectivity index (χ0n) is 9.96. The second-order valence-corrected chi connectivity index (χ2v) is 4.62. The van der Waals surface area contributed by atoms with E-state index in [9.17, 15) is 14.4 Å². The van der Waals surface area contributed by atoms with Crippen LogP contribution in [0.15, 0.2) is 18.2 Å². The molecular formula is C13H11NO5. The predicted molar refractivity (Wildman–Crippen MR) is 63.7 cm³/mol. The number of anilines is 1. The lowest BCUT2D eigenvalue weighted by Gasteiger charge is -2.18. The highest BCUT2D eigenvalue weighted by Gasteiger charge is 2.37. The molecule has 1 unspecified atom stereocenters. The number of hydrogen-bond acceptors (Lipinski definition) is 4. The van der Waals surface area contributed by atoms with Crippen molar-refractivity contribution in [3.8, 4) is 0 Å². The van der Waals surface area contributed by atoms with Crippen molar-refractivity contribution in [2.75, 3.05) is 11.4 Å². The van der Waals surface area contributed by atoms with Crippen LogP contribution in [0.4, 0.5) is 5.69 Å². The van der Waals surface area contributed by atoms with Crippen LogP contribution in [0.3, 0.4) is 0 Å². The standard InChI is InChI=1S/C13H11NO5/c15-11-4-7(12(16)17)5-14(11)10-3-1-2-8-9(10)6-19-13(8)18/h1-3,7H,4-6H2,(H,16,17). The van der Waals surface area contributed by atoms with Crippen LogP contribution < -0.4 is 4.90 Å². The molecule has 2 aliphatic heterocycles. The van der Waals surface area contributed by atoms with Gasteiger partial charge >= 0.3 is 11.9 Å². The molecule has 1 N–H and O–H groups in total. The minimum Gasteiger partial charge on any atom is -0.481 e.